The molecule has 1 aliphatic heterocycles. The lowest BCUT2D eigenvalue weighted by atomic mass is 9.79. The highest BCUT2D eigenvalue weighted by Gasteiger charge is 2.24. The molecule has 106 valence electrons. The molecule has 1 saturated carbocycles. The van der Waals surface area contributed by atoms with Crippen molar-refractivity contribution in [2.24, 2.45) is 11.8 Å². The van der Waals surface area contributed by atoms with Crippen molar-refractivity contribution in [3.05, 3.63) is 0 Å². The zero-order valence-corrected chi connectivity index (χ0v) is 12.6. The maximum atomic E-state index is 3.81. The van der Waals surface area contributed by atoms with Crippen molar-refractivity contribution >= 4 is 0 Å². The van der Waals surface area contributed by atoms with Crippen LogP contribution in [0.15, 0.2) is 0 Å². The van der Waals surface area contributed by atoms with Crippen LogP contribution in [-0.2, 0) is 0 Å². The predicted molar refractivity (Wildman–Crippen MR) is 78.9 cm³/mol. The Balaban J connectivity index is 1.63. The van der Waals surface area contributed by atoms with E-state index in [1.165, 1.54) is 58.0 Å². The zero-order valence-electron chi connectivity index (χ0n) is 12.6. The van der Waals surface area contributed by atoms with Crippen LogP contribution in [0.2, 0.25) is 0 Å². The second kappa shape index (κ2) is 6.91. The van der Waals surface area contributed by atoms with Gasteiger partial charge in [-0.15, -0.1) is 0 Å². The average molecular weight is 252 g/mol. The molecule has 0 aromatic rings. The number of likely N-dealkylation sites (tertiary alicyclic amines) is 1. The lowest BCUT2D eigenvalue weighted by Gasteiger charge is -2.35. The zero-order chi connectivity index (χ0) is 13.0. The Morgan fingerprint density at radius 2 is 1.89 bits per heavy atom. The molecule has 2 fully saturated rings. The first-order valence-electron chi connectivity index (χ1n) is 8.10. The highest BCUT2D eigenvalue weighted by atomic mass is 15.1. The van der Waals surface area contributed by atoms with Gasteiger partial charge in [0.1, 0.15) is 0 Å². The van der Waals surface area contributed by atoms with Gasteiger partial charge in [-0.3, -0.25) is 0 Å². The minimum absolute atomic E-state index is 0.796. The molecular formula is C16H32N2. The van der Waals surface area contributed by atoms with E-state index in [1.54, 1.807) is 0 Å². The van der Waals surface area contributed by atoms with E-state index >= 15 is 0 Å². The fraction of sp³-hybridized carbons (Fsp3) is 1.00. The molecule has 0 aromatic heterocycles. The lowest BCUT2D eigenvalue weighted by Crippen LogP contribution is -2.41. The molecule has 4 unspecified atom stereocenters. The third-order valence-corrected chi connectivity index (χ3v) is 5.43. The van der Waals surface area contributed by atoms with E-state index in [4.69, 9.17) is 0 Å². The van der Waals surface area contributed by atoms with Crippen molar-refractivity contribution in [1.29, 1.82) is 0 Å². The Morgan fingerprint density at radius 3 is 2.61 bits per heavy atom. The number of rotatable bonds is 4. The van der Waals surface area contributed by atoms with Crippen molar-refractivity contribution in [3.8, 4) is 0 Å². The summed E-state index contributed by atoms with van der Waals surface area (Å²) < 4.78 is 0. The van der Waals surface area contributed by atoms with Crippen molar-refractivity contribution in [2.75, 3.05) is 20.1 Å². The molecule has 1 heterocycles. The minimum atomic E-state index is 0.796. The standard InChI is InChI=1S/C16H32N2/c1-13-7-8-15(12-14(13)2)17-10-9-16-6-4-5-11-18(16)3/h13-17H,4-12H2,1-3H3. The van der Waals surface area contributed by atoms with Crippen molar-refractivity contribution in [3.63, 3.8) is 0 Å². The molecule has 2 rings (SSSR count). The van der Waals surface area contributed by atoms with Crippen LogP contribution >= 0.6 is 0 Å². The molecule has 0 bridgehead atoms. The topological polar surface area (TPSA) is 15.3 Å². The number of hydrogen-bond donors (Lipinski definition) is 1. The summed E-state index contributed by atoms with van der Waals surface area (Å²) in [6.07, 6.45) is 9.80. The molecule has 2 nitrogen and oxygen atoms in total. The molecule has 2 heteroatoms. The summed E-state index contributed by atoms with van der Waals surface area (Å²) in [5.41, 5.74) is 0. The second-order valence-electron chi connectivity index (χ2n) is 6.84. The molecule has 18 heavy (non-hydrogen) atoms. The van der Waals surface area contributed by atoms with Crippen LogP contribution in [0.5, 0.6) is 0 Å². The predicted octanol–water partition coefficient (Wildman–Crippen LogP) is 3.28. The van der Waals surface area contributed by atoms with Crippen LogP contribution in [0.25, 0.3) is 0 Å². The Morgan fingerprint density at radius 1 is 1.06 bits per heavy atom. The van der Waals surface area contributed by atoms with Crippen molar-refractivity contribution in [1.82, 2.24) is 10.2 Å². The van der Waals surface area contributed by atoms with E-state index in [9.17, 15) is 0 Å². The first kappa shape index (κ1) is 14.3. The van der Waals surface area contributed by atoms with Gasteiger partial charge in [0.15, 0.2) is 0 Å². The first-order chi connectivity index (χ1) is 8.66. The first-order valence-corrected chi connectivity index (χ1v) is 8.10. The Hall–Kier alpha value is -0.0800. The van der Waals surface area contributed by atoms with Gasteiger partial charge in [-0.1, -0.05) is 20.3 Å². The van der Waals surface area contributed by atoms with Gasteiger partial charge in [-0.2, -0.15) is 0 Å². The third kappa shape index (κ3) is 3.96. The Kier molecular flexibility index (Phi) is 5.50. The fourth-order valence-corrected chi connectivity index (χ4v) is 3.70. The smallest absolute Gasteiger partial charge is 0.0104 e. The number of nitrogens with zero attached hydrogens (tertiary/aromatic N) is 1. The van der Waals surface area contributed by atoms with Gasteiger partial charge < -0.3 is 10.2 Å². The minimum Gasteiger partial charge on any atom is -0.314 e. The molecule has 0 amide bonds. The second-order valence-corrected chi connectivity index (χ2v) is 6.84. The number of piperidine rings is 1. The normalized spacial score (nSPS) is 38.8. The third-order valence-electron chi connectivity index (χ3n) is 5.43. The molecule has 4 atom stereocenters. The van der Waals surface area contributed by atoms with Crippen LogP contribution in [0, 0.1) is 11.8 Å². The molecule has 1 N–H and O–H groups in total. The number of hydrogen-bond acceptors (Lipinski definition) is 2. The molecule has 1 saturated heterocycles. The maximum absolute atomic E-state index is 3.81. The highest BCUT2D eigenvalue weighted by molar-refractivity contribution is 4.81. The quantitative estimate of drug-likeness (QED) is 0.826. The van der Waals surface area contributed by atoms with Crippen molar-refractivity contribution in [2.45, 2.75) is 70.9 Å². The number of nitrogens with one attached hydrogen (secondary N) is 1. The summed E-state index contributed by atoms with van der Waals surface area (Å²) in [6.45, 7) is 7.37. The molecule has 2 aliphatic rings. The van der Waals surface area contributed by atoms with Gasteiger partial charge in [0.2, 0.25) is 0 Å². The summed E-state index contributed by atoms with van der Waals surface area (Å²) in [7, 11) is 2.30. The maximum Gasteiger partial charge on any atom is 0.0104 e. The van der Waals surface area contributed by atoms with E-state index in [2.05, 4.69) is 31.1 Å². The summed E-state index contributed by atoms with van der Waals surface area (Å²) in [5.74, 6) is 1.85. The fourth-order valence-electron chi connectivity index (χ4n) is 3.70. The monoisotopic (exact) mass is 252 g/mol. The van der Waals surface area contributed by atoms with Gasteiger partial charge in [-0.05, 0) is 70.5 Å². The van der Waals surface area contributed by atoms with Gasteiger partial charge >= 0.3 is 0 Å². The van der Waals surface area contributed by atoms with E-state index in [-0.39, 0.29) is 0 Å². The molecular weight excluding hydrogens is 220 g/mol. The highest BCUT2D eigenvalue weighted by Crippen LogP contribution is 2.29. The van der Waals surface area contributed by atoms with E-state index in [1.807, 2.05) is 0 Å². The van der Waals surface area contributed by atoms with Gasteiger partial charge in [-0.25, -0.2) is 0 Å². The van der Waals surface area contributed by atoms with E-state index in [0.29, 0.717) is 0 Å². The Bertz CT molecular complexity index is 241. The molecule has 0 spiro atoms. The molecule has 1 aliphatic carbocycles. The largest absolute Gasteiger partial charge is 0.314 e. The summed E-state index contributed by atoms with van der Waals surface area (Å²) in [5, 5.41) is 3.81. The lowest BCUT2D eigenvalue weighted by molar-refractivity contribution is 0.169. The Labute approximate surface area is 114 Å². The van der Waals surface area contributed by atoms with Crippen LogP contribution < -0.4 is 5.32 Å². The molecule has 0 aromatic carbocycles. The van der Waals surface area contributed by atoms with E-state index in [0.717, 1.165) is 23.9 Å². The summed E-state index contributed by atoms with van der Waals surface area (Å²) >= 11 is 0. The SMILES string of the molecule is CC1CCC(NCCC2CCCCN2C)CC1C. The van der Waals surface area contributed by atoms with E-state index < -0.39 is 0 Å². The average Bonchev–Trinajstić information content (AvgIpc) is 2.36. The van der Waals surface area contributed by atoms with Crippen LogP contribution in [0.1, 0.15) is 58.8 Å². The van der Waals surface area contributed by atoms with Crippen molar-refractivity contribution < 1.29 is 0 Å². The van der Waals surface area contributed by atoms with Gasteiger partial charge in [0.25, 0.3) is 0 Å². The van der Waals surface area contributed by atoms with Crippen LogP contribution in [0.3, 0.4) is 0 Å². The summed E-state index contributed by atoms with van der Waals surface area (Å²) in [4.78, 5) is 2.57. The van der Waals surface area contributed by atoms with Gasteiger partial charge in [0, 0.05) is 12.1 Å². The summed E-state index contributed by atoms with van der Waals surface area (Å²) in [6, 6.07) is 1.64. The van der Waals surface area contributed by atoms with Crippen LogP contribution in [-0.4, -0.2) is 37.1 Å². The van der Waals surface area contributed by atoms with Gasteiger partial charge in [0.05, 0.1) is 0 Å². The molecule has 0 radical (unpaired) electrons. The van der Waals surface area contributed by atoms with Crippen LogP contribution in [0.4, 0.5) is 0 Å².